The van der Waals surface area contributed by atoms with Crippen molar-refractivity contribution in [3.8, 4) is 11.5 Å². The van der Waals surface area contributed by atoms with Crippen LogP contribution in [0, 0.1) is 0 Å². The molecule has 0 unspecified atom stereocenters. The van der Waals surface area contributed by atoms with Gasteiger partial charge >= 0.3 is 0 Å². The third-order valence-electron chi connectivity index (χ3n) is 4.39. The first-order valence-electron chi connectivity index (χ1n) is 7.79. The van der Waals surface area contributed by atoms with Crippen LogP contribution in [0.3, 0.4) is 0 Å². The van der Waals surface area contributed by atoms with Gasteiger partial charge in [0, 0.05) is 25.2 Å². The fourth-order valence-electron chi connectivity index (χ4n) is 2.86. The van der Waals surface area contributed by atoms with Gasteiger partial charge in [-0.25, -0.2) is 0 Å². The van der Waals surface area contributed by atoms with E-state index in [1.165, 1.54) is 4.31 Å². The molecule has 0 aromatic heterocycles. The minimum Gasteiger partial charge on any atom is -0.497 e. The molecule has 1 fully saturated rings. The normalized spacial score (nSPS) is 19.5. The maximum Gasteiger partial charge on any atom is 0.282 e. The summed E-state index contributed by atoms with van der Waals surface area (Å²) in [4.78, 5) is 0. The molecule has 2 rings (SSSR count). The summed E-state index contributed by atoms with van der Waals surface area (Å²) in [5, 5.41) is 0. The molecular formula is C16H26N2O4S. The van der Waals surface area contributed by atoms with Crippen molar-refractivity contribution in [1.82, 2.24) is 8.61 Å². The zero-order chi connectivity index (χ0) is 17.2. The van der Waals surface area contributed by atoms with Crippen LogP contribution < -0.4 is 9.47 Å². The average Bonchev–Trinajstić information content (AvgIpc) is 3.03. The number of rotatable bonds is 6. The molecule has 0 radical (unpaired) electrons. The van der Waals surface area contributed by atoms with Crippen LogP contribution in [-0.4, -0.2) is 50.9 Å². The zero-order valence-electron chi connectivity index (χ0n) is 14.4. The molecule has 1 aliphatic rings. The summed E-state index contributed by atoms with van der Waals surface area (Å²) in [7, 11) is 1.31. The average molecular weight is 342 g/mol. The number of hydrogen-bond donors (Lipinski definition) is 0. The Balaban J connectivity index is 2.43. The number of methoxy groups -OCH3 is 2. The molecule has 1 heterocycles. The quantitative estimate of drug-likeness (QED) is 0.797. The Morgan fingerprint density at radius 3 is 2.52 bits per heavy atom. The van der Waals surface area contributed by atoms with Crippen LogP contribution in [0.1, 0.15) is 38.3 Å². The van der Waals surface area contributed by atoms with Gasteiger partial charge in [0.2, 0.25) is 0 Å². The minimum absolute atomic E-state index is 0.0894. The number of ether oxygens (including phenoxy) is 2. The molecule has 6 nitrogen and oxygen atoms in total. The van der Waals surface area contributed by atoms with Gasteiger partial charge in [0.05, 0.1) is 20.3 Å². The number of benzene rings is 1. The molecule has 1 atom stereocenters. The molecule has 1 saturated heterocycles. The molecule has 1 aromatic carbocycles. The van der Waals surface area contributed by atoms with E-state index < -0.39 is 10.2 Å². The van der Waals surface area contributed by atoms with Crippen LogP contribution in [0.15, 0.2) is 18.2 Å². The predicted molar refractivity (Wildman–Crippen MR) is 90.0 cm³/mol. The second-order valence-corrected chi connectivity index (χ2v) is 7.94. The third kappa shape index (κ3) is 3.46. The molecule has 23 heavy (non-hydrogen) atoms. The van der Waals surface area contributed by atoms with E-state index in [1.807, 2.05) is 32.0 Å². The Morgan fingerprint density at radius 2 is 1.96 bits per heavy atom. The Labute approximate surface area is 139 Å². The molecular weight excluding hydrogens is 316 g/mol. The number of nitrogens with zero attached hydrogens (tertiary/aromatic N) is 2. The van der Waals surface area contributed by atoms with E-state index in [2.05, 4.69) is 0 Å². The molecule has 0 N–H and O–H groups in total. The molecule has 7 heteroatoms. The maximum absolute atomic E-state index is 12.9. The highest BCUT2D eigenvalue weighted by molar-refractivity contribution is 7.86. The highest BCUT2D eigenvalue weighted by Crippen LogP contribution is 2.40. The van der Waals surface area contributed by atoms with Gasteiger partial charge in [-0.2, -0.15) is 17.0 Å². The van der Waals surface area contributed by atoms with Crippen LogP contribution in [0.4, 0.5) is 0 Å². The lowest BCUT2D eigenvalue weighted by molar-refractivity contribution is 0.318. The van der Waals surface area contributed by atoms with Gasteiger partial charge in [-0.05, 0) is 44.9 Å². The molecule has 0 amide bonds. The predicted octanol–water partition coefficient (Wildman–Crippen LogP) is 2.43. The Bertz CT molecular complexity index is 645. The number of hydrogen-bond acceptors (Lipinski definition) is 4. The van der Waals surface area contributed by atoms with Gasteiger partial charge in [0.15, 0.2) is 0 Å². The summed E-state index contributed by atoms with van der Waals surface area (Å²) in [5.74, 6) is 1.38. The summed E-state index contributed by atoms with van der Waals surface area (Å²) in [6.45, 7) is 4.26. The SMILES string of the molecule is COc1ccc(OC)c([C@H]2CCCN2S(=O)(=O)N(C)C(C)C)c1. The minimum atomic E-state index is -3.51. The van der Waals surface area contributed by atoms with Gasteiger partial charge in [-0.15, -0.1) is 0 Å². The van der Waals surface area contributed by atoms with Crippen LogP contribution >= 0.6 is 0 Å². The van der Waals surface area contributed by atoms with Gasteiger partial charge in [0.25, 0.3) is 10.2 Å². The van der Waals surface area contributed by atoms with E-state index in [9.17, 15) is 8.42 Å². The van der Waals surface area contributed by atoms with Crippen LogP contribution in [0.2, 0.25) is 0 Å². The lowest BCUT2D eigenvalue weighted by Crippen LogP contribution is -2.44. The molecule has 0 saturated carbocycles. The van der Waals surface area contributed by atoms with E-state index >= 15 is 0 Å². The maximum atomic E-state index is 12.9. The molecule has 0 spiro atoms. The van der Waals surface area contributed by atoms with Crippen LogP contribution in [-0.2, 0) is 10.2 Å². The molecule has 0 bridgehead atoms. The molecule has 130 valence electrons. The van der Waals surface area contributed by atoms with E-state index in [1.54, 1.807) is 25.6 Å². The van der Waals surface area contributed by atoms with Crippen molar-refractivity contribution >= 4 is 10.2 Å². The van der Waals surface area contributed by atoms with Gasteiger partial charge in [-0.1, -0.05) is 0 Å². The van der Waals surface area contributed by atoms with E-state index in [0.717, 1.165) is 18.4 Å². The second-order valence-electron chi connectivity index (χ2n) is 5.99. The van der Waals surface area contributed by atoms with Gasteiger partial charge in [0.1, 0.15) is 11.5 Å². The van der Waals surface area contributed by atoms with Gasteiger partial charge < -0.3 is 9.47 Å². The van der Waals surface area contributed by atoms with Crippen molar-refractivity contribution in [2.75, 3.05) is 27.8 Å². The lowest BCUT2D eigenvalue weighted by atomic mass is 10.0. The summed E-state index contributed by atoms with van der Waals surface area (Å²) in [5.41, 5.74) is 0.852. The van der Waals surface area contributed by atoms with Crippen LogP contribution in [0.25, 0.3) is 0 Å². The standard InChI is InChI=1S/C16H26N2O4S/c1-12(2)17(3)23(19,20)18-10-6-7-15(18)14-11-13(21-4)8-9-16(14)22-5/h8-9,11-12,15H,6-7,10H2,1-5H3/t15-/m1/s1. The topological polar surface area (TPSA) is 59.1 Å². The first kappa shape index (κ1) is 18.0. The van der Waals surface area contributed by atoms with Crippen molar-refractivity contribution in [3.63, 3.8) is 0 Å². The van der Waals surface area contributed by atoms with Gasteiger partial charge in [-0.3, -0.25) is 0 Å². The van der Waals surface area contributed by atoms with E-state index in [4.69, 9.17) is 9.47 Å². The Kier molecular flexibility index (Phi) is 5.54. The first-order chi connectivity index (χ1) is 10.8. The monoisotopic (exact) mass is 342 g/mol. The van der Waals surface area contributed by atoms with Crippen molar-refractivity contribution < 1.29 is 17.9 Å². The van der Waals surface area contributed by atoms with Crippen molar-refractivity contribution in [3.05, 3.63) is 23.8 Å². The lowest BCUT2D eigenvalue weighted by Gasteiger charge is -2.31. The highest BCUT2D eigenvalue weighted by Gasteiger charge is 2.39. The summed E-state index contributed by atoms with van der Waals surface area (Å²) in [6.07, 6.45) is 1.60. The Hall–Kier alpha value is -1.31. The summed E-state index contributed by atoms with van der Waals surface area (Å²) >= 11 is 0. The fourth-order valence-corrected chi connectivity index (χ4v) is 4.62. The van der Waals surface area contributed by atoms with Crippen molar-refractivity contribution in [1.29, 1.82) is 0 Å². The summed E-state index contributed by atoms with van der Waals surface area (Å²) in [6, 6.07) is 5.19. The fraction of sp³-hybridized carbons (Fsp3) is 0.625. The van der Waals surface area contributed by atoms with Crippen LogP contribution in [0.5, 0.6) is 11.5 Å². The van der Waals surface area contributed by atoms with E-state index in [0.29, 0.717) is 18.0 Å². The van der Waals surface area contributed by atoms with Crippen molar-refractivity contribution in [2.24, 2.45) is 0 Å². The largest absolute Gasteiger partial charge is 0.497 e. The summed E-state index contributed by atoms with van der Waals surface area (Å²) < 4.78 is 39.5. The second kappa shape index (κ2) is 7.07. The third-order valence-corrected chi connectivity index (χ3v) is 6.57. The molecule has 1 aliphatic heterocycles. The Morgan fingerprint density at radius 1 is 1.26 bits per heavy atom. The molecule has 1 aromatic rings. The zero-order valence-corrected chi connectivity index (χ0v) is 15.3. The smallest absolute Gasteiger partial charge is 0.282 e. The van der Waals surface area contributed by atoms with Crippen molar-refractivity contribution in [2.45, 2.75) is 38.8 Å². The molecule has 0 aliphatic carbocycles. The van der Waals surface area contributed by atoms with E-state index in [-0.39, 0.29) is 12.1 Å². The first-order valence-corrected chi connectivity index (χ1v) is 9.19. The highest BCUT2D eigenvalue weighted by atomic mass is 32.2.